The Morgan fingerprint density at radius 1 is 1.50 bits per heavy atom. The summed E-state index contributed by atoms with van der Waals surface area (Å²) in [6.07, 6.45) is 0.847. The molecule has 0 spiro atoms. The Morgan fingerprint density at radius 2 is 2.33 bits per heavy atom. The molecule has 0 bridgehead atoms. The molecule has 1 heterocycles. The first kappa shape index (κ1) is 7.55. The van der Waals surface area contributed by atoms with E-state index >= 15 is 0 Å². The van der Waals surface area contributed by atoms with Gasteiger partial charge in [0.05, 0.1) is 15.7 Å². The van der Waals surface area contributed by atoms with E-state index in [0.29, 0.717) is 5.75 Å². The molecule has 0 unspecified atom stereocenters. The molecule has 12 heavy (non-hydrogen) atoms. The normalized spacial score (nSPS) is 10.8. The van der Waals surface area contributed by atoms with Gasteiger partial charge in [-0.15, -0.1) is 11.3 Å². The Balaban J connectivity index is 2.73. The number of rotatable bonds is 1. The third kappa shape index (κ3) is 1.06. The van der Waals surface area contributed by atoms with Crippen LogP contribution in [0.3, 0.4) is 0 Å². The van der Waals surface area contributed by atoms with Crippen LogP contribution in [0.2, 0.25) is 0 Å². The van der Waals surface area contributed by atoms with Crippen molar-refractivity contribution in [3.8, 4) is 5.75 Å². The van der Waals surface area contributed by atoms with Gasteiger partial charge in [-0.2, -0.15) is 0 Å². The van der Waals surface area contributed by atoms with Gasteiger partial charge in [-0.05, 0) is 24.1 Å². The number of hydrogen-bond donors (Lipinski definition) is 1. The molecule has 0 aliphatic rings. The minimum absolute atomic E-state index is 0.384. The van der Waals surface area contributed by atoms with E-state index in [-0.39, 0.29) is 0 Å². The quantitative estimate of drug-likeness (QED) is 0.729. The van der Waals surface area contributed by atoms with Crippen LogP contribution in [-0.2, 0) is 6.42 Å². The average Bonchev–Trinajstić information content (AvgIpc) is 2.49. The van der Waals surface area contributed by atoms with Crippen LogP contribution >= 0.6 is 11.3 Å². The van der Waals surface area contributed by atoms with Crippen molar-refractivity contribution >= 4 is 21.6 Å². The van der Waals surface area contributed by atoms with Gasteiger partial charge in [0.25, 0.3) is 0 Å². The molecule has 0 amide bonds. The molecule has 2 aromatic rings. The fourth-order valence-electron chi connectivity index (χ4n) is 1.22. The zero-order valence-electron chi connectivity index (χ0n) is 6.74. The van der Waals surface area contributed by atoms with Gasteiger partial charge in [0.1, 0.15) is 5.75 Å². The first-order valence-electron chi connectivity index (χ1n) is 3.86. The standard InChI is InChI=1S/C9H9NOS/c1-2-6-3-7-9(4-8(6)11)12-5-10-7/h3-5,11H,2H2,1H3. The first-order chi connectivity index (χ1) is 5.81. The van der Waals surface area contributed by atoms with E-state index in [1.54, 1.807) is 22.9 Å². The number of benzene rings is 1. The Hall–Kier alpha value is -1.09. The Morgan fingerprint density at radius 3 is 3.08 bits per heavy atom. The fraction of sp³-hybridized carbons (Fsp3) is 0.222. The number of aromatic hydroxyl groups is 1. The molecule has 1 aromatic carbocycles. The number of thiazole rings is 1. The van der Waals surface area contributed by atoms with Crippen LogP contribution in [0.15, 0.2) is 17.6 Å². The summed E-state index contributed by atoms with van der Waals surface area (Å²) in [6.45, 7) is 2.02. The SMILES string of the molecule is CCc1cc2ncsc2cc1O. The Kier molecular flexibility index (Phi) is 1.73. The highest BCUT2D eigenvalue weighted by Gasteiger charge is 2.03. The molecule has 1 N–H and O–H groups in total. The molecule has 0 aliphatic carbocycles. The van der Waals surface area contributed by atoms with Crippen LogP contribution in [0.5, 0.6) is 5.75 Å². The summed E-state index contributed by atoms with van der Waals surface area (Å²) in [5.41, 5.74) is 3.74. The predicted octanol–water partition coefficient (Wildman–Crippen LogP) is 2.56. The first-order valence-corrected chi connectivity index (χ1v) is 4.74. The molecule has 0 fully saturated rings. The van der Waals surface area contributed by atoms with Crippen molar-refractivity contribution in [3.05, 3.63) is 23.2 Å². The highest BCUT2D eigenvalue weighted by atomic mass is 32.1. The molecule has 0 radical (unpaired) electrons. The third-order valence-corrected chi connectivity index (χ3v) is 2.70. The van der Waals surface area contributed by atoms with Crippen molar-refractivity contribution in [1.29, 1.82) is 0 Å². The van der Waals surface area contributed by atoms with Crippen molar-refractivity contribution in [3.63, 3.8) is 0 Å². The molecule has 3 heteroatoms. The molecular formula is C9H9NOS. The smallest absolute Gasteiger partial charge is 0.120 e. The lowest BCUT2D eigenvalue weighted by Crippen LogP contribution is -1.80. The van der Waals surface area contributed by atoms with Gasteiger partial charge in [0.2, 0.25) is 0 Å². The Labute approximate surface area is 74.5 Å². The van der Waals surface area contributed by atoms with Crippen LogP contribution in [0.25, 0.3) is 10.2 Å². The van der Waals surface area contributed by atoms with E-state index in [1.807, 2.05) is 13.0 Å². The van der Waals surface area contributed by atoms with Crippen molar-refractivity contribution in [2.45, 2.75) is 13.3 Å². The fourth-order valence-corrected chi connectivity index (χ4v) is 1.91. The monoisotopic (exact) mass is 179 g/mol. The van der Waals surface area contributed by atoms with Crippen molar-refractivity contribution < 1.29 is 5.11 Å². The molecule has 1 aromatic heterocycles. The molecule has 62 valence electrons. The summed E-state index contributed by atoms with van der Waals surface area (Å²) in [6, 6.07) is 3.73. The highest BCUT2D eigenvalue weighted by molar-refractivity contribution is 7.16. The van der Waals surface area contributed by atoms with E-state index in [2.05, 4.69) is 4.98 Å². The second-order valence-corrected chi connectivity index (χ2v) is 3.54. The third-order valence-electron chi connectivity index (χ3n) is 1.91. The number of aromatic nitrogens is 1. The predicted molar refractivity (Wildman–Crippen MR) is 50.7 cm³/mol. The summed E-state index contributed by atoms with van der Waals surface area (Å²) in [7, 11) is 0. The lowest BCUT2D eigenvalue weighted by molar-refractivity contribution is 0.470. The maximum absolute atomic E-state index is 9.51. The lowest BCUT2D eigenvalue weighted by Gasteiger charge is -1.99. The van der Waals surface area contributed by atoms with E-state index in [9.17, 15) is 5.11 Å². The van der Waals surface area contributed by atoms with Crippen LogP contribution in [0, 0.1) is 0 Å². The molecule has 0 saturated heterocycles. The van der Waals surface area contributed by atoms with Gasteiger partial charge in [0, 0.05) is 0 Å². The molecule has 0 saturated carbocycles. The summed E-state index contributed by atoms with van der Waals surface area (Å²) in [5, 5.41) is 9.51. The minimum atomic E-state index is 0.384. The summed E-state index contributed by atoms with van der Waals surface area (Å²) in [4.78, 5) is 4.18. The number of fused-ring (bicyclic) bond motifs is 1. The van der Waals surface area contributed by atoms with Gasteiger partial charge in [0.15, 0.2) is 0 Å². The zero-order valence-corrected chi connectivity index (χ0v) is 7.56. The van der Waals surface area contributed by atoms with Gasteiger partial charge in [-0.3, -0.25) is 0 Å². The van der Waals surface area contributed by atoms with E-state index in [0.717, 1.165) is 22.2 Å². The zero-order chi connectivity index (χ0) is 8.55. The van der Waals surface area contributed by atoms with Crippen molar-refractivity contribution in [1.82, 2.24) is 4.98 Å². The summed E-state index contributed by atoms with van der Waals surface area (Å²) >= 11 is 1.55. The van der Waals surface area contributed by atoms with Crippen LogP contribution in [-0.4, -0.2) is 10.1 Å². The maximum Gasteiger partial charge on any atom is 0.120 e. The van der Waals surface area contributed by atoms with Crippen molar-refractivity contribution in [2.75, 3.05) is 0 Å². The van der Waals surface area contributed by atoms with E-state index in [1.165, 1.54) is 0 Å². The van der Waals surface area contributed by atoms with Gasteiger partial charge in [-0.25, -0.2) is 4.98 Å². The van der Waals surface area contributed by atoms with Crippen molar-refractivity contribution in [2.24, 2.45) is 0 Å². The minimum Gasteiger partial charge on any atom is -0.508 e. The number of nitrogens with zero attached hydrogens (tertiary/aromatic N) is 1. The number of hydrogen-bond acceptors (Lipinski definition) is 3. The van der Waals surface area contributed by atoms with E-state index in [4.69, 9.17) is 0 Å². The number of phenolic OH excluding ortho intramolecular Hbond substituents is 1. The largest absolute Gasteiger partial charge is 0.508 e. The van der Waals surface area contributed by atoms with Gasteiger partial charge < -0.3 is 5.11 Å². The second kappa shape index (κ2) is 2.75. The Bertz CT molecular complexity index is 408. The molecular weight excluding hydrogens is 170 g/mol. The number of aryl methyl sites for hydroxylation is 1. The van der Waals surface area contributed by atoms with Crippen LogP contribution in [0.4, 0.5) is 0 Å². The maximum atomic E-state index is 9.51. The molecule has 0 atom stereocenters. The summed E-state index contributed by atoms with van der Waals surface area (Å²) in [5.74, 6) is 0.384. The lowest BCUT2D eigenvalue weighted by atomic mass is 10.1. The van der Waals surface area contributed by atoms with Crippen LogP contribution < -0.4 is 0 Å². The molecule has 2 nitrogen and oxygen atoms in total. The summed E-state index contributed by atoms with van der Waals surface area (Å²) < 4.78 is 1.05. The molecule has 0 aliphatic heterocycles. The van der Waals surface area contributed by atoms with Gasteiger partial charge in [-0.1, -0.05) is 6.92 Å². The van der Waals surface area contributed by atoms with Crippen LogP contribution in [0.1, 0.15) is 12.5 Å². The van der Waals surface area contributed by atoms with E-state index < -0.39 is 0 Å². The average molecular weight is 179 g/mol. The topological polar surface area (TPSA) is 33.1 Å². The second-order valence-electron chi connectivity index (χ2n) is 2.65. The highest BCUT2D eigenvalue weighted by Crippen LogP contribution is 2.26. The number of phenols is 1. The molecule has 2 rings (SSSR count). The van der Waals surface area contributed by atoms with Gasteiger partial charge >= 0.3 is 0 Å².